The monoisotopic (exact) mass is 426 g/mol. The Morgan fingerprint density at radius 3 is 1.50 bits per heavy atom. The molecule has 0 amide bonds. The third-order valence-corrected chi connectivity index (χ3v) is 5.41. The van der Waals surface area contributed by atoms with Crippen molar-refractivity contribution < 1.29 is 28.5 Å². The molecular formula is C19H22O6Se. The third kappa shape index (κ3) is 3.74. The normalized spacial score (nSPS) is 10.2. The van der Waals surface area contributed by atoms with Gasteiger partial charge in [-0.2, -0.15) is 0 Å². The molecule has 0 radical (unpaired) electrons. The SMILES string of the molecule is COc1cc(C(=O)c2cc(OC)c(OC)c([Se]C)c2)cc(OC)c1OC. The molecule has 0 saturated carbocycles. The summed E-state index contributed by atoms with van der Waals surface area (Å²) in [6.45, 7) is 0. The van der Waals surface area contributed by atoms with E-state index >= 15 is 0 Å². The van der Waals surface area contributed by atoms with E-state index in [1.165, 1.54) is 21.3 Å². The van der Waals surface area contributed by atoms with Crippen LogP contribution in [0, 0.1) is 0 Å². The van der Waals surface area contributed by atoms with Crippen molar-refractivity contribution in [3.63, 3.8) is 0 Å². The summed E-state index contributed by atoms with van der Waals surface area (Å²) in [6, 6.07) is 6.79. The number of carbonyl (C=O) groups is 1. The van der Waals surface area contributed by atoms with Crippen LogP contribution in [-0.2, 0) is 0 Å². The second kappa shape index (κ2) is 8.83. The van der Waals surface area contributed by atoms with Crippen molar-refractivity contribution >= 4 is 25.2 Å². The molecule has 7 heteroatoms. The Kier molecular flexibility index (Phi) is 6.77. The van der Waals surface area contributed by atoms with E-state index in [1.807, 2.05) is 6.07 Å². The van der Waals surface area contributed by atoms with Crippen LogP contribution in [0.4, 0.5) is 0 Å². The van der Waals surface area contributed by atoms with E-state index in [0.29, 0.717) is 39.9 Å². The summed E-state index contributed by atoms with van der Waals surface area (Å²) in [5.41, 5.74) is 0.942. The van der Waals surface area contributed by atoms with E-state index in [-0.39, 0.29) is 20.7 Å². The van der Waals surface area contributed by atoms with Crippen LogP contribution in [-0.4, -0.2) is 56.3 Å². The first kappa shape index (κ1) is 19.9. The Bertz CT molecular complexity index is 687. The topological polar surface area (TPSA) is 63.2 Å². The summed E-state index contributed by atoms with van der Waals surface area (Å²) in [4.78, 5) is 13.1. The summed E-state index contributed by atoms with van der Waals surface area (Å²) in [7, 11) is 7.69. The van der Waals surface area contributed by atoms with E-state index in [0.717, 1.165) is 4.46 Å². The van der Waals surface area contributed by atoms with Crippen molar-refractivity contribution in [2.45, 2.75) is 5.82 Å². The molecule has 0 N–H and O–H groups in total. The molecule has 0 aliphatic carbocycles. The Morgan fingerprint density at radius 1 is 0.692 bits per heavy atom. The molecule has 2 aromatic rings. The van der Waals surface area contributed by atoms with E-state index < -0.39 is 0 Å². The average molecular weight is 425 g/mol. The van der Waals surface area contributed by atoms with E-state index in [9.17, 15) is 4.79 Å². The first-order chi connectivity index (χ1) is 12.5. The molecule has 0 saturated heterocycles. The predicted octanol–water partition coefficient (Wildman–Crippen LogP) is 2.34. The number of ketones is 1. The van der Waals surface area contributed by atoms with Crippen molar-refractivity contribution in [3.8, 4) is 28.7 Å². The number of ether oxygens (including phenoxy) is 5. The molecular weight excluding hydrogens is 403 g/mol. The molecule has 6 nitrogen and oxygen atoms in total. The number of methoxy groups -OCH3 is 5. The first-order valence-electron chi connectivity index (χ1n) is 7.69. The van der Waals surface area contributed by atoms with Gasteiger partial charge in [-0.15, -0.1) is 0 Å². The third-order valence-electron chi connectivity index (χ3n) is 3.85. The summed E-state index contributed by atoms with van der Waals surface area (Å²) in [5, 5.41) is 0. The number of rotatable bonds is 8. The van der Waals surface area contributed by atoms with E-state index in [2.05, 4.69) is 5.82 Å². The molecule has 0 unspecified atom stereocenters. The molecule has 0 spiro atoms. The van der Waals surface area contributed by atoms with Crippen LogP contribution in [0.5, 0.6) is 28.7 Å². The maximum atomic E-state index is 13.1. The number of benzene rings is 2. The average Bonchev–Trinajstić information content (AvgIpc) is 2.70. The molecule has 0 fully saturated rings. The molecule has 0 bridgehead atoms. The van der Waals surface area contributed by atoms with Crippen molar-refractivity contribution in [2.24, 2.45) is 0 Å². The fraction of sp³-hybridized carbons (Fsp3) is 0.316. The van der Waals surface area contributed by atoms with E-state index in [4.69, 9.17) is 23.7 Å². The van der Waals surface area contributed by atoms with Gasteiger partial charge >= 0.3 is 159 Å². The number of hydrogen-bond donors (Lipinski definition) is 0. The Labute approximate surface area is 159 Å². The summed E-state index contributed by atoms with van der Waals surface area (Å²) >= 11 is 0.129. The maximum absolute atomic E-state index is 13.1. The van der Waals surface area contributed by atoms with Crippen molar-refractivity contribution in [1.29, 1.82) is 0 Å². The molecule has 2 rings (SSSR count). The van der Waals surface area contributed by atoms with Crippen LogP contribution in [0.25, 0.3) is 0 Å². The Morgan fingerprint density at radius 2 is 1.12 bits per heavy atom. The van der Waals surface area contributed by atoms with Crippen LogP contribution in [0.1, 0.15) is 15.9 Å². The van der Waals surface area contributed by atoms with Gasteiger partial charge in [0.15, 0.2) is 0 Å². The second-order valence-corrected chi connectivity index (χ2v) is 6.94. The van der Waals surface area contributed by atoms with Crippen LogP contribution in [0.2, 0.25) is 5.82 Å². The minimum atomic E-state index is -0.171. The zero-order chi connectivity index (χ0) is 19.3. The van der Waals surface area contributed by atoms with Gasteiger partial charge in [-0.1, -0.05) is 0 Å². The predicted molar refractivity (Wildman–Crippen MR) is 100 cm³/mol. The molecule has 0 atom stereocenters. The van der Waals surface area contributed by atoms with E-state index in [1.54, 1.807) is 32.4 Å². The van der Waals surface area contributed by atoms with Crippen molar-refractivity contribution in [1.82, 2.24) is 0 Å². The summed E-state index contributed by atoms with van der Waals surface area (Å²) in [6.07, 6.45) is 0. The van der Waals surface area contributed by atoms with Gasteiger partial charge in [0.1, 0.15) is 0 Å². The van der Waals surface area contributed by atoms with Crippen molar-refractivity contribution in [3.05, 3.63) is 35.4 Å². The molecule has 0 aliphatic heterocycles. The van der Waals surface area contributed by atoms with Crippen LogP contribution in [0.15, 0.2) is 24.3 Å². The molecule has 0 aliphatic rings. The quantitative estimate of drug-likeness (QED) is 0.478. The molecule has 140 valence electrons. The second-order valence-electron chi connectivity index (χ2n) is 5.16. The van der Waals surface area contributed by atoms with Crippen molar-refractivity contribution in [2.75, 3.05) is 35.5 Å². The molecule has 0 heterocycles. The Hall–Kier alpha value is -2.37. The summed E-state index contributed by atoms with van der Waals surface area (Å²) in [5.74, 6) is 4.37. The zero-order valence-corrected chi connectivity index (χ0v) is 17.4. The van der Waals surface area contributed by atoms with Gasteiger partial charge in [0.2, 0.25) is 0 Å². The van der Waals surface area contributed by atoms with Gasteiger partial charge < -0.3 is 0 Å². The zero-order valence-electron chi connectivity index (χ0n) is 15.7. The van der Waals surface area contributed by atoms with Crippen LogP contribution < -0.4 is 28.1 Å². The van der Waals surface area contributed by atoms with Gasteiger partial charge in [0, 0.05) is 0 Å². The molecule has 26 heavy (non-hydrogen) atoms. The standard InChI is InChI=1S/C19H22O6Se/c1-21-13-7-11(8-14(22-2)18(13)24-4)17(20)12-9-15(23-3)19(25-5)16(10-12)26-6/h7-10H,1-6H3. The molecule has 0 aromatic heterocycles. The Balaban J connectivity index is 2.59. The first-order valence-corrected chi connectivity index (χ1v) is 10.3. The summed E-state index contributed by atoms with van der Waals surface area (Å²) < 4.78 is 27.7. The fourth-order valence-corrected chi connectivity index (χ4v) is 3.88. The van der Waals surface area contributed by atoms with Gasteiger partial charge in [0.05, 0.1) is 0 Å². The fourth-order valence-electron chi connectivity index (χ4n) is 2.59. The molecule has 2 aromatic carbocycles. The van der Waals surface area contributed by atoms with Crippen LogP contribution >= 0.6 is 0 Å². The van der Waals surface area contributed by atoms with Gasteiger partial charge in [0.25, 0.3) is 0 Å². The van der Waals surface area contributed by atoms with Gasteiger partial charge in [-0.05, 0) is 0 Å². The van der Waals surface area contributed by atoms with Gasteiger partial charge in [-0.25, -0.2) is 0 Å². The minimum absolute atomic E-state index is 0.129. The number of hydrogen-bond acceptors (Lipinski definition) is 6. The van der Waals surface area contributed by atoms with Crippen LogP contribution in [0.3, 0.4) is 0 Å². The number of carbonyl (C=O) groups excluding carboxylic acids is 1. The van der Waals surface area contributed by atoms with Gasteiger partial charge in [-0.3, -0.25) is 0 Å².